The molecule has 0 saturated carbocycles. The Bertz CT molecular complexity index is 724. The van der Waals surface area contributed by atoms with E-state index in [9.17, 15) is 14.4 Å². The summed E-state index contributed by atoms with van der Waals surface area (Å²) in [6, 6.07) is 10.3. The maximum absolute atomic E-state index is 11.8. The number of nitrogens with one attached hydrogen (secondary N) is 1. The van der Waals surface area contributed by atoms with Crippen LogP contribution in [0.1, 0.15) is 24.9 Å². The molecule has 23 heavy (non-hydrogen) atoms. The summed E-state index contributed by atoms with van der Waals surface area (Å²) in [5, 5.41) is 2.45. The van der Waals surface area contributed by atoms with Crippen LogP contribution in [0, 0.1) is 6.92 Å². The number of benzene rings is 1. The van der Waals surface area contributed by atoms with E-state index >= 15 is 0 Å². The van der Waals surface area contributed by atoms with E-state index in [4.69, 9.17) is 4.74 Å². The lowest BCUT2D eigenvalue weighted by atomic mass is 10.2. The van der Waals surface area contributed by atoms with Gasteiger partial charge in [0.25, 0.3) is 5.91 Å². The Hall–Kier alpha value is -1.99. The van der Waals surface area contributed by atoms with Crippen LogP contribution in [-0.2, 0) is 9.53 Å². The lowest BCUT2D eigenvalue weighted by Gasteiger charge is -2.06. The number of rotatable bonds is 6. The molecule has 7 heteroatoms. The number of thiophene rings is 1. The third kappa shape index (κ3) is 5.30. The molecule has 0 bridgehead atoms. The van der Waals surface area contributed by atoms with E-state index in [1.54, 1.807) is 30.3 Å². The van der Waals surface area contributed by atoms with Gasteiger partial charge in [0.15, 0.2) is 6.61 Å². The summed E-state index contributed by atoms with van der Waals surface area (Å²) in [5.41, 5.74) is 0.436. The highest BCUT2D eigenvalue weighted by Gasteiger charge is 2.13. The number of Topliss-reactive ketones (excluding diaryl/α,β-unsaturated/α-hetero) is 1. The maximum atomic E-state index is 11.8. The van der Waals surface area contributed by atoms with Crippen LogP contribution >= 0.6 is 27.3 Å². The molecule has 2 rings (SSSR count). The first kappa shape index (κ1) is 17.4. The van der Waals surface area contributed by atoms with E-state index in [-0.39, 0.29) is 24.8 Å². The van der Waals surface area contributed by atoms with Crippen LogP contribution in [0.25, 0.3) is 0 Å². The van der Waals surface area contributed by atoms with E-state index in [1.807, 2.05) is 13.0 Å². The number of hydrogen-bond donors (Lipinski definition) is 1. The molecule has 120 valence electrons. The summed E-state index contributed by atoms with van der Waals surface area (Å²) < 4.78 is 5.73. The largest absolute Gasteiger partial charge is 0.456 e. The van der Waals surface area contributed by atoms with Crippen molar-refractivity contribution in [3.8, 4) is 0 Å². The van der Waals surface area contributed by atoms with Gasteiger partial charge >= 0.3 is 5.97 Å². The summed E-state index contributed by atoms with van der Waals surface area (Å²) in [6.45, 7) is 1.28. The smallest absolute Gasteiger partial charge is 0.325 e. The first-order chi connectivity index (χ1) is 11.0. The van der Waals surface area contributed by atoms with Crippen LogP contribution in [0.5, 0.6) is 0 Å². The second-order valence-corrected chi connectivity index (χ2v) is 6.89. The second kappa shape index (κ2) is 8.03. The number of ketones is 1. The van der Waals surface area contributed by atoms with Crippen LogP contribution in [0.2, 0.25) is 0 Å². The molecule has 5 nitrogen and oxygen atoms in total. The summed E-state index contributed by atoms with van der Waals surface area (Å²) in [4.78, 5) is 36.8. The minimum atomic E-state index is -0.655. The van der Waals surface area contributed by atoms with E-state index in [2.05, 4.69) is 21.2 Å². The molecule has 1 aromatic carbocycles. The molecule has 0 fully saturated rings. The molecule has 0 aliphatic carbocycles. The fraction of sp³-hybridized carbons (Fsp3) is 0.188. The molecular formula is C16H14BrNO4S. The zero-order valence-corrected chi connectivity index (χ0v) is 14.7. The minimum absolute atomic E-state index is 0.254. The molecule has 1 heterocycles. The molecule has 0 radical (unpaired) electrons. The van der Waals surface area contributed by atoms with Crippen molar-refractivity contribution in [1.29, 1.82) is 0 Å². The molecule has 1 amide bonds. The van der Waals surface area contributed by atoms with Gasteiger partial charge in [-0.3, -0.25) is 14.4 Å². The highest BCUT2D eigenvalue weighted by Crippen LogP contribution is 2.15. The predicted molar refractivity (Wildman–Crippen MR) is 90.8 cm³/mol. The first-order valence-electron chi connectivity index (χ1n) is 6.75. The Morgan fingerprint density at radius 3 is 2.43 bits per heavy atom. The molecule has 0 saturated heterocycles. The SMILES string of the molecule is Cc1ccc(C(=O)COC(=O)CNC(=O)c2ccc(Br)cc2)s1. The fourth-order valence-electron chi connectivity index (χ4n) is 1.71. The van der Waals surface area contributed by atoms with Crippen molar-refractivity contribution in [2.24, 2.45) is 0 Å². The quantitative estimate of drug-likeness (QED) is 0.602. The zero-order chi connectivity index (χ0) is 16.8. The van der Waals surface area contributed by atoms with Gasteiger partial charge in [0.1, 0.15) is 6.54 Å². The maximum Gasteiger partial charge on any atom is 0.325 e. The number of carbonyl (C=O) groups excluding carboxylic acids is 3. The van der Waals surface area contributed by atoms with Gasteiger partial charge in [0.05, 0.1) is 4.88 Å². The van der Waals surface area contributed by atoms with Gasteiger partial charge in [0.2, 0.25) is 5.78 Å². The van der Waals surface area contributed by atoms with Crippen LogP contribution in [-0.4, -0.2) is 30.8 Å². The fourth-order valence-corrected chi connectivity index (χ4v) is 2.76. The summed E-state index contributed by atoms with van der Waals surface area (Å²) in [7, 11) is 0. The highest BCUT2D eigenvalue weighted by atomic mass is 79.9. The summed E-state index contributed by atoms with van der Waals surface area (Å²) in [6.07, 6.45) is 0. The van der Waals surface area contributed by atoms with E-state index < -0.39 is 5.97 Å². The van der Waals surface area contributed by atoms with Crippen LogP contribution in [0.15, 0.2) is 40.9 Å². The third-order valence-corrected chi connectivity index (χ3v) is 4.45. The summed E-state index contributed by atoms with van der Waals surface area (Å²) >= 11 is 4.62. The number of carbonyl (C=O) groups is 3. The van der Waals surface area contributed by atoms with Crippen molar-refractivity contribution in [1.82, 2.24) is 5.32 Å². The molecule has 1 aromatic heterocycles. The number of esters is 1. The number of hydrogen-bond acceptors (Lipinski definition) is 5. The monoisotopic (exact) mass is 395 g/mol. The molecule has 0 aliphatic heterocycles. The highest BCUT2D eigenvalue weighted by molar-refractivity contribution is 9.10. The Kier molecular flexibility index (Phi) is 6.06. The van der Waals surface area contributed by atoms with Crippen molar-refractivity contribution in [2.75, 3.05) is 13.2 Å². The Morgan fingerprint density at radius 1 is 1.13 bits per heavy atom. The second-order valence-electron chi connectivity index (χ2n) is 4.68. The first-order valence-corrected chi connectivity index (χ1v) is 8.35. The van der Waals surface area contributed by atoms with Gasteiger partial charge in [-0.1, -0.05) is 15.9 Å². The molecule has 2 aromatic rings. The average molecular weight is 396 g/mol. The van der Waals surface area contributed by atoms with Gasteiger partial charge in [-0.25, -0.2) is 0 Å². The van der Waals surface area contributed by atoms with E-state index in [0.717, 1.165) is 9.35 Å². The molecule has 0 spiro atoms. The Labute approximate surface area is 145 Å². The van der Waals surface area contributed by atoms with E-state index in [0.29, 0.717) is 10.4 Å². The predicted octanol–water partition coefficient (Wildman–Crippen LogP) is 2.97. The van der Waals surface area contributed by atoms with Gasteiger partial charge in [-0.15, -0.1) is 11.3 Å². The molecule has 0 atom stereocenters. The Balaban J connectivity index is 1.75. The molecule has 0 aliphatic rings. The summed E-state index contributed by atoms with van der Waals surface area (Å²) in [5.74, 6) is -1.29. The zero-order valence-electron chi connectivity index (χ0n) is 12.3. The number of amides is 1. The molecule has 1 N–H and O–H groups in total. The number of aryl methyl sites for hydroxylation is 1. The Morgan fingerprint density at radius 2 is 1.83 bits per heavy atom. The van der Waals surface area contributed by atoms with E-state index in [1.165, 1.54) is 11.3 Å². The van der Waals surface area contributed by atoms with Crippen molar-refractivity contribution in [3.63, 3.8) is 0 Å². The van der Waals surface area contributed by atoms with Crippen molar-refractivity contribution < 1.29 is 19.1 Å². The third-order valence-electron chi connectivity index (χ3n) is 2.88. The number of halogens is 1. The van der Waals surface area contributed by atoms with Gasteiger partial charge in [-0.05, 0) is 43.3 Å². The van der Waals surface area contributed by atoms with Gasteiger partial charge < -0.3 is 10.1 Å². The topological polar surface area (TPSA) is 72.5 Å². The van der Waals surface area contributed by atoms with Gasteiger partial charge in [-0.2, -0.15) is 0 Å². The average Bonchev–Trinajstić information content (AvgIpc) is 2.97. The van der Waals surface area contributed by atoms with Gasteiger partial charge in [0, 0.05) is 14.9 Å². The molecule has 0 unspecified atom stereocenters. The minimum Gasteiger partial charge on any atom is -0.456 e. The normalized spacial score (nSPS) is 10.2. The van der Waals surface area contributed by atoms with Crippen LogP contribution < -0.4 is 5.32 Å². The standard InChI is InChI=1S/C16H14BrNO4S/c1-10-2-7-14(23-10)13(19)9-22-15(20)8-18-16(21)11-3-5-12(17)6-4-11/h2-7H,8-9H2,1H3,(H,18,21). The van der Waals surface area contributed by atoms with Crippen LogP contribution in [0.4, 0.5) is 0 Å². The van der Waals surface area contributed by atoms with Crippen molar-refractivity contribution in [3.05, 3.63) is 56.2 Å². The lowest BCUT2D eigenvalue weighted by Crippen LogP contribution is -2.31. The lowest BCUT2D eigenvalue weighted by molar-refractivity contribution is -0.141. The molecular weight excluding hydrogens is 382 g/mol. The van der Waals surface area contributed by atoms with Crippen molar-refractivity contribution in [2.45, 2.75) is 6.92 Å². The number of ether oxygens (including phenoxy) is 1. The van der Waals surface area contributed by atoms with Crippen molar-refractivity contribution >= 4 is 44.9 Å². The van der Waals surface area contributed by atoms with Crippen LogP contribution in [0.3, 0.4) is 0 Å².